The second-order valence-electron chi connectivity index (χ2n) is 2.12. The standard InChI is InChI=1S/C8H9B/c1-7-4-3-5-8(6-7)9-2/h3-6H,2H2,1H3. The molecule has 0 fully saturated rings. The first kappa shape index (κ1) is 6.28. The molecule has 0 aliphatic heterocycles. The zero-order chi connectivity index (χ0) is 6.69. The minimum atomic E-state index is 1.19. The van der Waals surface area contributed by atoms with E-state index in [-0.39, 0.29) is 0 Å². The van der Waals surface area contributed by atoms with Crippen LogP contribution in [-0.2, 0) is 0 Å². The number of hydrogen-bond donors (Lipinski definition) is 0. The maximum atomic E-state index is 3.67. The van der Waals surface area contributed by atoms with E-state index in [4.69, 9.17) is 0 Å². The Morgan fingerprint density at radius 3 is 2.67 bits per heavy atom. The maximum absolute atomic E-state index is 3.67. The average Bonchev–Trinajstić information content (AvgIpc) is 1.88. The molecule has 0 heterocycles. The molecule has 9 heavy (non-hydrogen) atoms. The van der Waals surface area contributed by atoms with Gasteiger partial charge in [0.15, 0.2) is 0 Å². The van der Waals surface area contributed by atoms with E-state index >= 15 is 0 Å². The number of aryl methyl sites for hydroxylation is 1. The molecule has 0 radical (unpaired) electrons. The molecule has 0 saturated heterocycles. The van der Waals surface area contributed by atoms with Gasteiger partial charge in [0, 0.05) is 0 Å². The van der Waals surface area contributed by atoms with Gasteiger partial charge in [0.25, 0.3) is 0 Å². The van der Waals surface area contributed by atoms with Gasteiger partial charge in [0.05, 0.1) is 0 Å². The summed E-state index contributed by atoms with van der Waals surface area (Å²) in [5.41, 5.74) is 2.47. The van der Waals surface area contributed by atoms with E-state index < -0.39 is 0 Å². The van der Waals surface area contributed by atoms with E-state index in [0.717, 1.165) is 0 Å². The van der Waals surface area contributed by atoms with Crippen molar-refractivity contribution in [3.05, 3.63) is 29.8 Å². The molecule has 0 unspecified atom stereocenters. The molecular weight excluding hydrogens is 107 g/mol. The first-order valence-electron chi connectivity index (χ1n) is 3.02. The van der Waals surface area contributed by atoms with Gasteiger partial charge in [0.2, 0.25) is 0 Å². The van der Waals surface area contributed by atoms with Gasteiger partial charge in [-0.3, -0.25) is 0 Å². The SMILES string of the molecule is C=Bc1cccc(C)c1. The van der Waals surface area contributed by atoms with Crippen LogP contribution < -0.4 is 5.46 Å². The third-order valence-electron chi connectivity index (χ3n) is 1.28. The van der Waals surface area contributed by atoms with Crippen LogP contribution in [0.5, 0.6) is 0 Å². The molecule has 1 heteroatoms. The Kier molecular flexibility index (Phi) is 1.83. The van der Waals surface area contributed by atoms with Crippen molar-refractivity contribution in [3.8, 4) is 0 Å². The Labute approximate surface area is 56.4 Å². The van der Waals surface area contributed by atoms with E-state index in [1.54, 1.807) is 0 Å². The summed E-state index contributed by atoms with van der Waals surface area (Å²) in [6, 6.07) is 8.26. The van der Waals surface area contributed by atoms with Crippen molar-refractivity contribution in [2.24, 2.45) is 0 Å². The number of rotatable bonds is 1. The summed E-state index contributed by atoms with van der Waals surface area (Å²) in [5.74, 6) is 0. The summed E-state index contributed by atoms with van der Waals surface area (Å²) in [6.07, 6.45) is 0. The Bertz CT molecular complexity index is 216. The quantitative estimate of drug-likeness (QED) is 0.475. The molecule has 1 rings (SSSR count). The molecule has 0 aliphatic rings. The third-order valence-corrected chi connectivity index (χ3v) is 1.28. The van der Waals surface area contributed by atoms with Gasteiger partial charge < -0.3 is 0 Å². The van der Waals surface area contributed by atoms with Crippen LogP contribution in [0.3, 0.4) is 0 Å². The minimum absolute atomic E-state index is 1.19. The predicted molar refractivity (Wildman–Crippen MR) is 43.7 cm³/mol. The second kappa shape index (κ2) is 2.63. The van der Waals surface area contributed by atoms with Gasteiger partial charge in [-0.05, 0) is 0 Å². The Morgan fingerprint density at radius 2 is 2.22 bits per heavy atom. The van der Waals surface area contributed by atoms with Gasteiger partial charge in [-0.15, -0.1) is 0 Å². The number of hydrogen-bond acceptors (Lipinski definition) is 0. The van der Waals surface area contributed by atoms with Crippen molar-refractivity contribution in [1.29, 1.82) is 0 Å². The molecule has 0 atom stereocenters. The van der Waals surface area contributed by atoms with E-state index in [2.05, 4.69) is 25.5 Å². The Balaban J connectivity index is 3.07. The second-order valence-corrected chi connectivity index (χ2v) is 2.12. The molecule has 1 aromatic rings. The van der Waals surface area contributed by atoms with Gasteiger partial charge >= 0.3 is 55.6 Å². The first-order chi connectivity index (χ1) is 4.33. The summed E-state index contributed by atoms with van der Waals surface area (Å²) in [7, 11) is 0. The molecular formula is C8H9B. The molecule has 0 spiro atoms. The summed E-state index contributed by atoms with van der Waals surface area (Å²) in [5, 5.41) is 0. The van der Waals surface area contributed by atoms with Gasteiger partial charge in [0.1, 0.15) is 0 Å². The van der Waals surface area contributed by atoms with E-state index in [1.165, 1.54) is 11.0 Å². The molecule has 0 bridgehead atoms. The Morgan fingerprint density at radius 1 is 1.44 bits per heavy atom. The molecule has 0 aliphatic carbocycles. The number of benzene rings is 1. The summed E-state index contributed by atoms with van der Waals surface area (Å²) < 4.78 is 0. The molecule has 0 aromatic heterocycles. The Hall–Kier alpha value is -0.845. The normalized spacial score (nSPS) is 8.56. The van der Waals surface area contributed by atoms with Crippen LogP contribution in [0, 0.1) is 6.92 Å². The van der Waals surface area contributed by atoms with E-state index in [0.29, 0.717) is 0 Å². The first-order valence-corrected chi connectivity index (χ1v) is 3.02. The van der Waals surface area contributed by atoms with Crippen LogP contribution >= 0.6 is 0 Å². The average molecular weight is 116 g/mol. The van der Waals surface area contributed by atoms with Crippen LogP contribution in [-0.4, -0.2) is 13.4 Å². The van der Waals surface area contributed by atoms with E-state index in [1.807, 2.05) is 19.1 Å². The van der Waals surface area contributed by atoms with Crippen LogP contribution in [0.1, 0.15) is 5.56 Å². The van der Waals surface area contributed by atoms with Gasteiger partial charge in [-0.2, -0.15) is 0 Å². The summed E-state index contributed by atoms with van der Waals surface area (Å²) >= 11 is 0. The van der Waals surface area contributed by atoms with Crippen LogP contribution in [0.2, 0.25) is 0 Å². The van der Waals surface area contributed by atoms with Crippen molar-refractivity contribution < 1.29 is 0 Å². The van der Waals surface area contributed by atoms with Gasteiger partial charge in [-0.1, -0.05) is 0 Å². The van der Waals surface area contributed by atoms with Crippen molar-refractivity contribution >= 4 is 18.9 Å². The monoisotopic (exact) mass is 116 g/mol. The van der Waals surface area contributed by atoms with Crippen LogP contribution in [0.25, 0.3) is 0 Å². The topological polar surface area (TPSA) is 0 Å². The molecule has 1 aromatic carbocycles. The third kappa shape index (κ3) is 1.53. The summed E-state index contributed by atoms with van der Waals surface area (Å²) in [4.78, 5) is 0. The zero-order valence-electron chi connectivity index (χ0n) is 5.59. The van der Waals surface area contributed by atoms with Crippen LogP contribution in [0.4, 0.5) is 0 Å². The molecule has 0 nitrogen and oxygen atoms in total. The van der Waals surface area contributed by atoms with Crippen LogP contribution in [0.15, 0.2) is 24.3 Å². The van der Waals surface area contributed by atoms with Crippen molar-refractivity contribution in [2.45, 2.75) is 6.92 Å². The molecule has 0 saturated carbocycles. The fourth-order valence-corrected chi connectivity index (χ4v) is 0.797. The molecule has 44 valence electrons. The van der Waals surface area contributed by atoms with Crippen molar-refractivity contribution in [2.75, 3.05) is 0 Å². The molecule has 0 amide bonds. The summed E-state index contributed by atoms with van der Waals surface area (Å²) in [6.45, 7) is 7.60. The predicted octanol–water partition coefficient (Wildman–Crippen LogP) is 0.757. The van der Waals surface area contributed by atoms with Gasteiger partial charge in [-0.25, -0.2) is 0 Å². The zero-order valence-corrected chi connectivity index (χ0v) is 5.59. The fourth-order valence-electron chi connectivity index (χ4n) is 0.797. The fraction of sp³-hybridized carbons (Fsp3) is 0.125. The van der Waals surface area contributed by atoms with E-state index in [9.17, 15) is 0 Å². The van der Waals surface area contributed by atoms with Crippen molar-refractivity contribution in [1.82, 2.24) is 0 Å². The van der Waals surface area contributed by atoms with Crippen molar-refractivity contribution in [3.63, 3.8) is 0 Å². The molecule has 0 N–H and O–H groups in total.